The van der Waals surface area contributed by atoms with Gasteiger partial charge in [0.15, 0.2) is 0 Å². The molecule has 0 bridgehead atoms. The molecule has 1 saturated carbocycles. The molecule has 2 unspecified atom stereocenters. The first kappa shape index (κ1) is 6.16. The minimum absolute atomic E-state index is 0.0195. The molecule has 2 aliphatic rings. The zero-order valence-corrected chi connectivity index (χ0v) is 6.13. The highest BCUT2D eigenvalue weighted by Crippen LogP contribution is 2.46. The number of nitrogens with two attached hydrogens (primary N) is 1. The van der Waals surface area contributed by atoms with E-state index in [1.807, 2.05) is 4.90 Å². The van der Waals surface area contributed by atoms with Gasteiger partial charge in [-0.3, -0.25) is 4.79 Å². The number of carbonyl (C=O) groups is 1. The zero-order chi connectivity index (χ0) is 7.35. The van der Waals surface area contributed by atoms with Crippen LogP contribution in [0.1, 0.15) is 13.3 Å². The Bertz CT molecular complexity index is 192. The van der Waals surface area contributed by atoms with Crippen molar-refractivity contribution in [3.63, 3.8) is 0 Å². The Balaban J connectivity index is 2.04. The Hall–Kier alpha value is -0.570. The monoisotopic (exact) mass is 140 g/mol. The number of amides is 1. The molecule has 0 aromatic rings. The van der Waals surface area contributed by atoms with Crippen LogP contribution in [0.3, 0.4) is 0 Å². The van der Waals surface area contributed by atoms with Gasteiger partial charge in [-0.15, -0.1) is 0 Å². The number of hydrogen-bond donors (Lipinski definition) is 1. The summed E-state index contributed by atoms with van der Waals surface area (Å²) in [6, 6.07) is 0. The summed E-state index contributed by atoms with van der Waals surface area (Å²) in [4.78, 5) is 12.7. The third-order valence-electron chi connectivity index (χ3n) is 2.65. The molecule has 1 amide bonds. The maximum absolute atomic E-state index is 10.8. The fourth-order valence-corrected chi connectivity index (χ4v) is 1.77. The van der Waals surface area contributed by atoms with E-state index in [-0.39, 0.29) is 11.4 Å². The van der Waals surface area contributed by atoms with Crippen molar-refractivity contribution in [2.24, 2.45) is 11.7 Å². The van der Waals surface area contributed by atoms with Crippen LogP contribution in [0, 0.1) is 5.92 Å². The number of piperidine rings is 1. The summed E-state index contributed by atoms with van der Waals surface area (Å²) in [6.07, 6.45) is 1.12. The van der Waals surface area contributed by atoms with Gasteiger partial charge < -0.3 is 10.6 Å². The van der Waals surface area contributed by atoms with E-state index in [4.69, 9.17) is 5.73 Å². The van der Waals surface area contributed by atoms with E-state index in [2.05, 4.69) is 0 Å². The summed E-state index contributed by atoms with van der Waals surface area (Å²) in [7, 11) is 0. The molecule has 2 fully saturated rings. The van der Waals surface area contributed by atoms with E-state index in [9.17, 15) is 4.79 Å². The van der Waals surface area contributed by atoms with Crippen molar-refractivity contribution in [2.75, 3.05) is 13.1 Å². The van der Waals surface area contributed by atoms with Gasteiger partial charge in [0.1, 0.15) is 0 Å². The van der Waals surface area contributed by atoms with Crippen LogP contribution in [-0.4, -0.2) is 29.4 Å². The van der Waals surface area contributed by atoms with Crippen LogP contribution >= 0.6 is 0 Å². The average Bonchev–Trinajstić information content (AvgIpc) is 2.32. The van der Waals surface area contributed by atoms with Crippen molar-refractivity contribution < 1.29 is 4.79 Å². The lowest BCUT2D eigenvalue weighted by atomic mass is 10.3. The molecule has 2 rings (SSSR count). The van der Waals surface area contributed by atoms with Crippen LogP contribution in [-0.2, 0) is 4.79 Å². The Morgan fingerprint density at radius 3 is 2.80 bits per heavy atom. The summed E-state index contributed by atoms with van der Waals surface area (Å²) in [5.74, 6) is 0.772. The van der Waals surface area contributed by atoms with Crippen LogP contribution in [0.2, 0.25) is 0 Å². The third-order valence-corrected chi connectivity index (χ3v) is 2.65. The Morgan fingerprint density at radius 1 is 1.80 bits per heavy atom. The largest absolute Gasteiger partial charge is 0.341 e. The predicted molar refractivity (Wildman–Crippen MR) is 37.3 cm³/mol. The van der Waals surface area contributed by atoms with Crippen molar-refractivity contribution in [3.8, 4) is 0 Å². The summed E-state index contributed by atoms with van der Waals surface area (Å²) in [6.45, 7) is 3.28. The minimum atomic E-state index is 0.0195. The number of likely N-dealkylation sites (tertiary alicyclic amines) is 1. The molecule has 3 nitrogen and oxygen atoms in total. The van der Waals surface area contributed by atoms with E-state index >= 15 is 0 Å². The lowest BCUT2D eigenvalue weighted by Gasteiger charge is -2.16. The molecule has 0 aromatic carbocycles. The molecule has 2 N–H and O–H groups in total. The van der Waals surface area contributed by atoms with E-state index in [1.54, 1.807) is 6.92 Å². The number of fused-ring (bicyclic) bond motifs is 1. The minimum Gasteiger partial charge on any atom is -0.341 e. The maximum atomic E-state index is 10.8. The molecule has 0 spiro atoms. The van der Waals surface area contributed by atoms with Crippen LogP contribution in [0.25, 0.3) is 0 Å². The van der Waals surface area contributed by atoms with E-state index in [1.165, 1.54) is 0 Å². The Labute approximate surface area is 60.2 Å². The van der Waals surface area contributed by atoms with E-state index in [0.29, 0.717) is 5.92 Å². The van der Waals surface area contributed by atoms with Crippen LogP contribution in [0.4, 0.5) is 0 Å². The molecule has 1 aliphatic carbocycles. The van der Waals surface area contributed by atoms with Crippen molar-refractivity contribution in [3.05, 3.63) is 0 Å². The second-order valence-electron chi connectivity index (χ2n) is 3.53. The molecule has 0 aromatic heterocycles. The van der Waals surface area contributed by atoms with Gasteiger partial charge in [-0.05, 0) is 12.3 Å². The van der Waals surface area contributed by atoms with Gasteiger partial charge in [0.25, 0.3) is 0 Å². The van der Waals surface area contributed by atoms with Crippen LogP contribution < -0.4 is 5.73 Å². The Morgan fingerprint density at radius 2 is 2.50 bits per heavy atom. The molecule has 10 heavy (non-hydrogen) atoms. The quantitative estimate of drug-likeness (QED) is 0.496. The summed E-state index contributed by atoms with van der Waals surface area (Å²) in [5, 5.41) is 0. The molecular formula is C7H12N2O. The highest BCUT2D eigenvalue weighted by Gasteiger charge is 2.57. The fraction of sp³-hybridized carbons (Fsp3) is 0.857. The van der Waals surface area contributed by atoms with Gasteiger partial charge in [0.2, 0.25) is 5.91 Å². The number of rotatable bonds is 0. The number of carbonyl (C=O) groups excluding carboxylic acids is 1. The van der Waals surface area contributed by atoms with Crippen molar-refractivity contribution >= 4 is 5.91 Å². The van der Waals surface area contributed by atoms with Gasteiger partial charge in [0.05, 0.1) is 0 Å². The first-order chi connectivity index (χ1) is 4.62. The lowest BCUT2D eigenvalue weighted by Crippen LogP contribution is -2.35. The predicted octanol–water partition coefficient (Wildman–Crippen LogP) is -0.434. The molecule has 3 heteroatoms. The maximum Gasteiger partial charge on any atom is 0.219 e. The molecule has 1 aliphatic heterocycles. The molecule has 1 heterocycles. The van der Waals surface area contributed by atoms with Crippen molar-refractivity contribution in [1.29, 1.82) is 0 Å². The molecule has 2 atom stereocenters. The normalized spacial score (nSPS) is 43.4. The molecule has 0 radical (unpaired) electrons. The van der Waals surface area contributed by atoms with E-state index < -0.39 is 0 Å². The summed E-state index contributed by atoms with van der Waals surface area (Å²) in [5.41, 5.74) is 5.91. The zero-order valence-electron chi connectivity index (χ0n) is 6.13. The molecule has 56 valence electrons. The SMILES string of the molecule is CC(=O)N1CC2CC2(N)C1. The first-order valence-electron chi connectivity index (χ1n) is 3.66. The van der Waals surface area contributed by atoms with E-state index in [0.717, 1.165) is 19.5 Å². The number of nitrogens with zero attached hydrogens (tertiary/aromatic N) is 1. The summed E-state index contributed by atoms with van der Waals surface area (Å²) < 4.78 is 0. The van der Waals surface area contributed by atoms with Gasteiger partial charge in [-0.25, -0.2) is 0 Å². The molecular weight excluding hydrogens is 128 g/mol. The van der Waals surface area contributed by atoms with Gasteiger partial charge in [0, 0.05) is 25.6 Å². The number of hydrogen-bond acceptors (Lipinski definition) is 2. The average molecular weight is 140 g/mol. The smallest absolute Gasteiger partial charge is 0.219 e. The van der Waals surface area contributed by atoms with Crippen LogP contribution in [0.5, 0.6) is 0 Å². The van der Waals surface area contributed by atoms with Crippen molar-refractivity contribution in [2.45, 2.75) is 18.9 Å². The topological polar surface area (TPSA) is 46.3 Å². The standard InChI is InChI=1S/C7H12N2O/c1-5(10)9-3-6-2-7(6,8)4-9/h6H,2-4,8H2,1H3. The second-order valence-corrected chi connectivity index (χ2v) is 3.53. The van der Waals surface area contributed by atoms with Gasteiger partial charge >= 0.3 is 0 Å². The lowest BCUT2D eigenvalue weighted by molar-refractivity contribution is -0.128. The molecule has 1 saturated heterocycles. The third kappa shape index (κ3) is 0.669. The van der Waals surface area contributed by atoms with Crippen molar-refractivity contribution in [1.82, 2.24) is 4.90 Å². The highest BCUT2D eigenvalue weighted by atomic mass is 16.2. The van der Waals surface area contributed by atoms with Gasteiger partial charge in [-0.2, -0.15) is 0 Å². The fourth-order valence-electron chi connectivity index (χ4n) is 1.77. The highest BCUT2D eigenvalue weighted by molar-refractivity contribution is 5.74. The second kappa shape index (κ2) is 1.53. The Kier molecular flexibility index (Phi) is 0.944. The van der Waals surface area contributed by atoms with Gasteiger partial charge in [-0.1, -0.05) is 0 Å². The van der Waals surface area contributed by atoms with Crippen LogP contribution in [0.15, 0.2) is 0 Å². The first-order valence-corrected chi connectivity index (χ1v) is 3.66. The summed E-state index contributed by atoms with van der Waals surface area (Å²) >= 11 is 0.